The maximum absolute atomic E-state index is 12.3. The fraction of sp³-hybridized carbons (Fsp3) is 0.400. The Morgan fingerprint density at radius 1 is 1.00 bits per heavy atom. The third-order valence-corrected chi connectivity index (χ3v) is 4.63. The van der Waals surface area contributed by atoms with E-state index in [1.54, 1.807) is 36.4 Å². The van der Waals surface area contributed by atoms with Crippen LogP contribution in [0, 0.1) is 0 Å². The second-order valence-corrected chi connectivity index (χ2v) is 6.73. The molecule has 1 aromatic heterocycles. The summed E-state index contributed by atoms with van der Waals surface area (Å²) < 4.78 is 0. The molecule has 1 aliphatic rings. The molecule has 1 aromatic carbocycles. The second kappa shape index (κ2) is 8.56. The lowest BCUT2D eigenvalue weighted by molar-refractivity contribution is 0.100. The zero-order valence-electron chi connectivity index (χ0n) is 15.0. The third-order valence-electron chi connectivity index (χ3n) is 4.63. The van der Waals surface area contributed by atoms with Crippen LogP contribution in [0.4, 0.5) is 11.5 Å². The van der Waals surface area contributed by atoms with Crippen LogP contribution < -0.4 is 10.6 Å². The summed E-state index contributed by atoms with van der Waals surface area (Å²) in [6.45, 7) is 1.49. The van der Waals surface area contributed by atoms with Crippen molar-refractivity contribution >= 4 is 23.2 Å². The number of nitrogens with one attached hydrogen (secondary N) is 2. The van der Waals surface area contributed by atoms with Gasteiger partial charge in [-0.2, -0.15) is 0 Å². The number of aromatic nitrogens is 2. The van der Waals surface area contributed by atoms with Gasteiger partial charge in [0.15, 0.2) is 11.5 Å². The number of carbonyl (C=O) groups excluding carboxylic acids is 2. The van der Waals surface area contributed by atoms with E-state index >= 15 is 0 Å². The lowest BCUT2D eigenvalue weighted by Crippen LogP contribution is -2.20. The first-order valence-corrected chi connectivity index (χ1v) is 9.14. The molecule has 1 aliphatic carbocycles. The Morgan fingerprint density at radius 3 is 2.42 bits per heavy atom. The monoisotopic (exact) mass is 352 g/mol. The minimum atomic E-state index is -0.348. The van der Waals surface area contributed by atoms with Crippen LogP contribution >= 0.6 is 0 Å². The van der Waals surface area contributed by atoms with Crippen LogP contribution in [0.15, 0.2) is 36.4 Å². The highest BCUT2D eigenvalue weighted by atomic mass is 16.2. The van der Waals surface area contributed by atoms with Crippen LogP contribution in [-0.4, -0.2) is 27.9 Å². The van der Waals surface area contributed by atoms with Gasteiger partial charge in [-0.25, -0.2) is 0 Å². The van der Waals surface area contributed by atoms with Crippen molar-refractivity contribution in [1.29, 1.82) is 0 Å². The molecule has 0 saturated heterocycles. The van der Waals surface area contributed by atoms with Crippen LogP contribution in [0.1, 0.15) is 66.3 Å². The van der Waals surface area contributed by atoms with Crippen LogP contribution in [0.3, 0.4) is 0 Å². The molecule has 136 valence electrons. The van der Waals surface area contributed by atoms with Gasteiger partial charge in [-0.05, 0) is 44.0 Å². The maximum atomic E-state index is 12.3. The van der Waals surface area contributed by atoms with Crippen molar-refractivity contribution in [2.45, 2.75) is 51.5 Å². The molecule has 1 heterocycles. The molecule has 26 heavy (non-hydrogen) atoms. The summed E-state index contributed by atoms with van der Waals surface area (Å²) in [5.74, 6) is 0.307. The van der Waals surface area contributed by atoms with Crippen LogP contribution in [0.25, 0.3) is 0 Å². The average molecular weight is 352 g/mol. The van der Waals surface area contributed by atoms with Crippen LogP contribution in [0.2, 0.25) is 0 Å². The number of Topliss-reactive ketones (excluding diaryl/α,β-unsaturated/α-hetero) is 1. The van der Waals surface area contributed by atoms with Gasteiger partial charge in [0.05, 0.1) is 0 Å². The minimum absolute atomic E-state index is 0.0465. The van der Waals surface area contributed by atoms with Gasteiger partial charge in [-0.15, -0.1) is 10.2 Å². The lowest BCUT2D eigenvalue weighted by atomic mass is 10.1. The van der Waals surface area contributed by atoms with Crippen molar-refractivity contribution in [3.8, 4) is 0 Å². The Hall–Kier alpha value is -2.76. The summed E-state index contributed by atoms with van der Waals surface area (Å²) in [4.78, 5) is 23.8. The van der Waals surface area contributed by atoms with E-state index in [0.29, 0.717) is 23.1 Å². The highest BCUT2D eigenvalue weighted by Crippen LogP contribution is 2.20. The van der Waals surface area contributed by atoms with E-state index < -0.39 is 0 Å². The Morgan fingerprint density at radius 2 is 1.77 bits per heavy atom. The van der Waals surface area contributed by atoms with Crippen molar-refractivity contribution < 1.29 is 9.59 Å². The molecular weight excluding hydrogens is 328 g/mol. The molecule has 1 saturated carbocycles. The summed E-state index contributed by atoms with van der Waals surface area (Å²) in [5, 5.41) is 14.3. The number of carbonyl (C=O) groups is 2. The fourth-order valence-electron chi connectivity index (χ4n) is 3.17. The van der Waals surface area contributed by atoms with E-state index in [-0.39, 0.29) is 17.4 Å². The molecule has 0 aliphatic heterocycles. The normalized spacial score (nSPS) is 15.1. The second-order valence-electron chi connectivity index (χ2n) is 6.73. The Balaban J connectivity index is 1.61. The maximum Gasteiger partial charge on any atom is 0.276 e. The quantitative estimate of drug-likeness (QED) is 0.626. The molecule has 2 N–H and O–H groups in total. The summed E-state index contributed by atoms with van der Waals surface area (Å²) in [6.07, 6.45) is 7.38. The van der Waals surface area contributed by atoms with E-state index in [1.807, 2.05) is 0 Å². The van der Waals surface area contributed by atoms with Crippen LogP contribution in [0.5, 0.6) is 0 Å². The zero-order valence-corrected chi connectivity index (χ0v) is 15.0. The zero-order chi connectivity index (χ0) is 18.4. The van der Waals surface area contributed by atoms with Crippen molar-refractivity contribution in [3.63, 3.8) is 0 Å². The van der Waals surface area contributed by atoms with Crippen molar-refractivity contribution in [2.75, 3.05) is 10.6 Å². The fourth-order valence-corrected chi connectivity index (χ4v) is 3.17. The van der Waals surface area contributed by atoms with E-state index in [2.05, 4.69) is 20.8 Å². The highest BCUT2D eigenvalue weighted by molar-refractivity contribution is 6.03. The molecule has 0 atom stereocenters. The van der Waals surface area contributed by atoms with Gasteiger partial charge in [0, 0.05) is 17.3 Å². The number of hydrogen-bond donors (Lipinski definition) is 2. The molecule has 3 rings (SSSR count). The minimum Gasteiger partial charge on any atom is -0.366 e. The molecule has 6 nitrogen and oxygen atoms in total. The first-order chi connectivity index (χ1) is 12.6. The smallest absolute Gasteiger partial charge is 0.276 e. The molecule has 6 heteroatoms. The summed E-state index contributed by atoms with van der Waals surface area (Å²) in [5.41, 5.74) is 1.35. The van der Waals surface area contributed by atoms with Crippen molar-refractivity contribution in [2.24, 2.45) is 0 Å². The summed E-state index contributed by atoms with van der Waals surface area (Å²) in [6, 6.07) is 10.7. The van der Waals surface area contributed by atoms with E-state index in [4.69, 9.17) is 0 Å². The molecule has 0 radical (unpaired) electrons. The number of amides is 1. The molecular formula is C20H24N4O2. The standard InChI is InChI=1S/C20H24N4O2/c1-14(25)15-7-6-10-17(13-15)22-20(26)18-11-12-19(24-23-18)21-16-8-4-2-3-5-9-16/h6-7,10-13,16H,2-5,8-9H2,1H3,(H,21,24)(H,22,26). The topological polar surface area (TPSA) is 84.0 Å². The van der Waals surface area contributed by atoms with Gasteiger partial charge in [-0.1, -0.05) is 37.8 Å². The number of ketones is 1. The van der Waals surface area contributed by atoms with Crippen molar-refractivity contribution in [1.82, 2.24) is 10.2 Å². The van der Waals surface area contributed by atoms with E-state index in [1.165, 1.54) is 32.6 Å². The SMILES string of the molecule is CC(=O)c1cccc(NC(=O)c2ccc(NC3CCCCCC3)nn2)c1. The Kier molecular flexibility index (Phi) is 5.94. The van der Waals surface area contributed by atoms with E-state index in [9.17, 15) is 9.59 Å². The average Bonchev–Trinajstić information content (AvgIpc) is 2.91. The first-order valence-electron chi connectivity index (χ1n) is 9.14. The predicted molar refractivity (Wildman–Crippen MR) is 102 cm³/mol. The van der Waals surface area contributed by atoms with E-state index in [0.717, 1.165) is 12.8 Å². The van der Waals surface area contributed by atoms with Gasteiger partial charge >= 0.3 is 0 Å². The molecule has 0 unspecified atom stereocenters. The number of benzene rings is 1. The number of anilines is 2. The largest absolute Gasteiger partial charge is 0.366 e. The van der Waals surface area contributed by atoms with Crippen molar-refractivity contribution in [3.05, 3.63) is 47.7 Å². The molecule has 0 bridgehead atoms. The molecule has 1 amide bonds. The molecule has 2 aromatic rings. The molecule has 1 fully saturated rings. The number of rotatable bonds is 5. The van der Waals surface area contributed by atoms with Crippen LogP contribution in [-0.2, 0) is 0 Å². The van der Waals surface area contributed by atoms with Gasteiger partial charge in [0.1, 0.15) is 5.82 Å². The number of hydrogen-bond acceptors (Lipinski definition) is 5. The number of nitrogens with zero attached hydrogens (tertiary/aromatic N) is 2. The predicted octanol–water partition coefficient (Wildman–Crippen LogP) is 4.07. The first kappa shape index (κ1) is 18.0. The van der Waals surface area contributed by atoms with Gasteiger partial charge < -0.3 is 10.6 Å². The lowest BCUT2D eigenvalue weighted by Gasteiger charge is -2.16. The highest BCUT2D eigenvalue weighted by Gasteiger charge is 2.14. The van der Waals surface area contributed by atoms with Gasteiger partial charge in [0.2, 0.25) is 0 Å². The summed E-state index contributed by atoms with van der Waals surface area (Å²) in [7, 11) is 0. The van der Waals surface area contributed by atoms with Gasteiger partial charge in [-0.3, -0.25) is 9.59 Å². The molecule has 0 spiro atoms. The third kappa shape index (κ3) is 4.88. The Bertz CT molecular complexity index is 766. The van der Waals surface area contributed by atoms with Gasteiger partial charge in [0.25, 0.3) is 5.91 Å². The Labute approximate surface area is 153 Å². The summed E-state index contributed by atoms with van der Waals surface area (Å²) >= 11 is 0.